The van der Waals surface area contributed by atoms with Crippen LogP contribution in [0.25, 0.3) is 0 Å². The van der Waals surface area contributed by atoms with Gasteiger partial charge in [0.05, 0.1) is 18.8 Å². The van der Waals surface area contributed by atoms with Gasteiger partial charge in [-0.2, -0.15) is 0 Å². The van der Waals surface area contributed by atoms with Gasteiger partial charge >= 0.3 is 0 Å². The van der Waals surface area contributed by atoms with Gasteiger partial charge in [-0.25, -0.2) is 0 Å². The molecular formula is C16H23BrN2O. The highest BCUT2D eigenvalue weighted by Gasteiger charge is 2.41. The van der Waals surface area contributed by atoms with E-state index in [1.54, 1.807) is 0 Å². The fourth-order valence-electron chi connectivity index (χ4n) is 3.19. The Morgan fingerprint density at radius 2 is 2.20 bits per heavy atom. The Morgan fingerprint density at radius 1 is 1.40 bits per heavy atom. The normalized spacial score (nSPS) is 27.8. The van der Waals surface area contributed by atoms with E-state index < -0.39 is 0 Å². The standard InChI is InChI=1S/C16H23BrN2O/c1-11-3-6-13(14(17)9-11)16-15(10-18-2)20-8-7-19(16)12-4-5-12/h3,6,9,12,15-16,18H,4-5,7-8,10H2,1-2H3. The number of benzene rings is 1. The second-order valence-corrected chi connectivity index (χ2v) is 6.76. The van der Waals surface area contributed by atoms with Crippen LogP contribution in [0.2, 0.25) is 0 Å². The fourth-order valence-corrected chi connectivity index (χ4v) is 3.92. The molecule has 4 heteroatoms. The van der Waals surface area contributed by atoms with E-state index in [0.717, 1.165) is 25.7 Å². The Kier molecular flexibility index (Phi) is 4.46. The smallest absolute Gasteiger partial charge is 0.0896 e. The summed E-state index contributed by atoms with van der Waals surface area (Å²) in [5.41, 5.74) is 2.66. The summed E-state index contributed by atoms with van der Waals surface area (Å²) < 4.78 is 7.26. The first kappa shape index (κ1) is 14.5. The third-order valence-electron chi connectivity index (χ3n) is 4.29. The minimum Gasteiger partial charge on any atom is -0.374 e. The van der Waals surface area contributed by atoms with Crippen LogP contribution in [0.5, 0.6) is 0 Å². The minimum absolute atomic E-state index is 0.230. The van der Waals surface area contributed by atoms with Gasteiger partial charge in [0.15, 0.2) is 0 Å². The zero-order valence-electron chi connectivity index (χ0n) is 12.2. The number of hydrogen-bond donors (Lipinski definition) is 1. The van der Waals surface area contributed by atoms with Gasteiger partial charge in [0.2, 0.25) is 0 Å². The van der Waals surface area contributed by atoms with E-state index in [1.807, 2.05) is 7.05 Å². The van der Waals surface area contributed by atoms with Crippen LogP contribution in [0.3, 0.4) is 0 Å². The molecule has 1 saturated heterocycles. The summed E-state index contributed by atoms with van der Waals surface area (Å²) in [7, 11) is 2.00. The molecule has 1 heterocycles. The van der Waals surface area contributed by atoms with Gasteiger partial charge in [0.1, 0.15) is 0 Å². The number of likely N-dealkylation sites (N-methyl/N-ethyl adjacent to an activating group) is 1. The van der Waals surface area contributed by atoms with Crippen molar-refractivity contribution in [1.82, 2.24) is 10.2 Å². The van der Waals surface area contributed by atoms with Crippen molar-refractivity contribution in [2.75, 3.05) is 26.7 Å². The first-order valence-corrected chi connectivity index (χ1v) is 8.28. The lowest BCUT2D eigenvalue weighted by Gasteiger charge is -2.42. The summed E-state index contributed by atoms with van der Waals surface area (Å²) in [6, 6.07) is 7.80. The minimum atomic E-state index is 0.230. The van der Waals surface area contributed by atoms with Crippen LogP contribution >= 0.6 is 15.9 Å². The van der Waals surface area contributed by atoms with Gasteiger partial charge in [-0.05, 0) is 44.0 Å². The predicted molar refractivity (Wildman–Crippen MR) is 85.0 cm³/mol. The maximum Gasteiger partial charge on any atom is 0.0896 e. The van der Waals surface area contributed by atoms with Crippen molar-refractivity contribution in [1.29, 1.82) is 0 Å². The summed E-state index contributed by atoms with van der Waals surface area (Å²) in [4.78, 5) is 2.65. The van der Waals surface area contributed by atoms with Crippen LogP contribution in [0, 0.1) is 6.92 Å². The lowest BCUT2D eigenvalue weighted by atomic mass is 9.96. The van der Waals surface area contributed by atoms with Gasteiger partial charge in [-0.1, -0.05) is 28.1 Å². The largest absolute Gasteiger partial charge is 0.374 e. The molecule has 0 radical (unpaired) electrons. The molecule has 3 rings (SSSR count). The maximum absolute atomic E-state index is 6.05. The van der Waals surface area contributed by atoms with E-state index >= 15 is 0 Å². The molecule has 0 aromatic heterocycles. The van der Waals surface area contributed by atoms with Crippen LogP contribution in [-0.2, 0) is 4.74 Å². The van der Waals surface area contributed by atoms with Crippen molar-refractivity contribution in [3.63, 3.8) is 0 Å². The topological polar surface area (TPSA) is 24.5 Å². The van der Waals surface area contributed by atoms with Gasteiger partial charge in [-0.15, -0.1) is 0 Å². The Balaban J connectivity index is 1.93. The van der Waals surface area contributed by atoms with Crippen LogP contribution in [0.1, 0.15) is 30.0 Å². The number of aryl methyl sites for hydroxylation is 1. The molecular weight excluding hydrogens is 316 g/mol. The zero-order chi connectivity index (χ0) is 14.1. The quantitative estimate of drug-likeness (QED) is 0.913. The Hall–Kier alpha value is -0.420. The highest BCUT2D eigenvalue weighted by Crippen LogP contribution is 2.41. The molecule has 2 unspecified atom stereocenters. The van der Waals surface area contributed by atoms with E-state index in [9.17, 15) is 0 Å². The SMILES string of the molecule is CNCC1OCCN(C2CC2)C1c1ccc(C)cc1Br. The van der Waals surface area contributed by atoms with Crippen molar-refractivity contribution >= 4 is 15.9 Å². The first-order valence-electron chi connectivity index (χ1n) is 7.48. The molecule has 20 heavy (non-hydrogen) atoms. The van der Waals surface area contributed by atoms with Crippen molar-refractivity contribution in [2.24, 2.45) is 0 Å². The van der Waals surface area contributed by atoms with E-state index in [-0.39, 0.29) is 6.10 Å². The fraction of sp³-hybridized carbons (Fsp3) is 0.625. The number of hydrogen-bond acceptors (Lipinski definition) is 3. The summed E-state index contributed by atoms with van der Waals surface area (Å²) >= 11 is 3.76. The van der Waals surface area contributed by atoms with Crippen molar-refractivity contribution in [3.05, 3.63) is 33.8 Å². The summed E-state index contributed by atoms with van der Waals surface area (Å²) in [6.07, 6.45) is 2.91. The Bertz CT molecular complexity index is 474. The average Bonchev–Trinajstić information content (AvgIpc) is 3.24. The van der Waals surface area contributed by atoms with Gasteiger partial charge in [0, 0.05) is 23.6 Å². The van der Waals surface area contributed by atoms with Crippen molar-refractivity contribution in [3.8, 4) is 0 Å². The number of nitrogens with zero attached hydrogens (tertiary/aromatic N) is 1. The molecule has 1 aromatic rings. The molecule has 0 spiro atoms. The molecule has 0 bridgehead atoms. The average molecular weight is 339 g/mol. The van der Waals surface area contributed by atoms with Crippen LogP contribution in [-0.4, -0.2) is 43.8 Å². The second kappa shape index (κ2) is 6.14. The summed E-state index contributed by atoms with van der Waals surface area (Å²) in [5, 5.41) is 3.28. The molecule has 1 aliphatic carbocycles. The van der Waals surface area contributed by atoms with Crippen LogP contribution in [0.15, 0.2) is 22.7 Å². The number of ether oxygens (including phenoxy) is 1. The van der Waals surface area contributed by atoms with Crippen molar-refractivity contribution < 1.29 is 4.74 Å². The monoisotopic (exact) mass is 338 g/mol. The lowest BCUT2D eigenvalue weighted by molar-refractivity contribution is -0.0742. The molecule has 110 valence electrons. The van der Waals surface area contributed by atoms with E-state index in [2.05, 4.69) is 51.3 Å². The van der Waals surface area contributed by atoms with E-state index in [4.69, 9.17) is 4.74 Å². The Labute approximate surface area is 129 Å². The molecule has 1 aromatic carbocycles. The predicted octanol–water partition coefficient (Wildman–Crippen LogP) is 2.88. The number of nitrogens with one attached hydrogen (secondary N) is 1. The molecule has 3 nitrogen and oxygen atoms in total. The van der Waals surface area contributed by atoms with E-state index in [0.29, 0.717) is 6.04 Å². The summed E-state index contributed by atoms with van der Waals surface area (Å²) in [6.45, 7) is 4.93. The third-order valence-corrected chi connectivity index (χ3v) is 4.97. The lowest BCUT2D eigenvalue weighted by Crippen LogP contribution is -2.49. The molecule has 0 amide bonds. The van der Waals surface area contributed by atoms with Crippen LogP contribution in [0.4, 0.5) is 0 Å². The molecule has 2 aliphatic rings. The van der Waals surface area contributed by atoms with Crippen LogP contribution < -0.4 is 5.32 Å². The maximum atomic E-state index is 6.05. The zero-order valence-corrected chi connectivity index (χ0v) is 13.8. The van der Waals surface area contributed by atoms with Gasteiger partial charge < -0.3 is 10.1 Å². The van der Waals surface area contributed by atoms with Gasteiger partial charge in [0.25, 0.3) is 0 Å². The molecule has 1 N–H and O–H groups in total. The first-order chi connectivity index (χ1) is 9.70. The molecule has 2 atom stereocenters. The molecule has 1 aliphatic heterocycles. The number of morpholine rings is 1. The van der Waals surface area contributed by atoms with Crippen molar-refractivity contribution in [2.45, 2.75) is 38.0 Å². The van der Waals surface area contributed by atoms with E-state index in [1.165, 1.54) is 28.4 Å². The van der Waals surface area contributed by atoms with Gasteiger partial charge in [-0.3, -0.25) is 4.90 Å². The highest BCUT2D eigenvalue weighted by atomic mass is 79.9. The molecule has 1 saturated carbocycles. The second-order valence-electron chi connectivity index (χ2n) is 5.91. The third kappa shape index (κ3) is 2.93. The number of rotatable bonds is 4. The highest BCUT2D eigenvalue weighted by molar-refractivity contribution is 9.10. The number of halogens is 1. The summed E-state index contributed by atoms with van der Waals surface area (Å²) in [5.74, 6) is 0. The Morgan fingerprint density at radius 3 is 2.85 bits per heavy atom. The molecule has 2 fully saturated rings.